The molecule has 3 nitrogen and oxygen atoms in total. The third kappa shape index (κ3) is 4.99. The van der Waals surface area contributed by atoms with Gasteiger partial charge in [0.25, 0.3) is 5.91 Å². The Hall–Kier alpha value is -1.66. The number of hydrogen-bond donors (Lipinski definition) is 1. The first-order valence-corrected chi connectivity index (χ1v) is 7.62. The van der Waals surface area contributed by atoms with Crippen molar-refractivity contribution < 1.29 is 4.79 Å². The van der Waals surface area contributed by atoms with E-state index in [9.17, 15) is 4.79 Å². The molecule has 0 unspecified atom stereocenters. The number of halogens is 2. The first kappa shape index (κ1) is 15.7. The molecular formula is C16H12ClIN2O. The van der Waals surface area contributed by atoms with E-state index in [2.05, 4.69) is 33.1 Å². The maximum atomic E-state index is 11.9. The van der Waals surface area contributed by atoms with Gasteiger partial charge in [-0.15, -0.1) is 0 Å². The van der Waals surface area contributed by atoms with Crippen molar-refractivity contribution in [1.29, 1.82) is 0 Å². The topological polar surface area (TPSA) is 41.5 Å². The predicted molar refractivity (Wildman–Crippen MR) is 95.6 cm³/mol. The summed E-state index contributed by atoms with van der Waals surface area (Å²) >= 11 is 8.11. The molecule has 0 radical (unpaired) electrons. The van der Waals surface area contributed by atoms with Crippen molar-refractivity contribution in [2.75, 3.05) is 0 Å². The third-order valence-corrected chi connectivity index (χ3v) is 3.59. The van der Waals surface area contributed by atoms with E-state index in [1.54, 1.807) is 18.2 Å². The minimum absolute atomic E-state index is 0.331. The van der Waals surface area contributed by atoms with Crippen molar-refractivity contribution in [3.63, 3.8) is 0 Å². The van der Waals surface area contributed by atoms with Crippen LogP contribution in [-0.4, -0.2) is 12.1 Å². The minimum Gasteiger partial charge on any atom is -0.267 e. The standard InChI is InChI=1S/C16H12ClIN2O/c17-15-9-8-13(18)11-14(15)16(21)20-19-10-4-7-12-5-2-1-3-6-12/h1-11H,(H,20,21)/b7-4+,19-10+. The van der Waals surface area contributed by atoms with Gasteiger partial charge in [-0.2, -0.15) is 5.10 Å². The van der Waals surface area contributed by atoms with Gasteiger partial charge in [-0.05, 0) is 52.4 Å². The van der Waals surface area contributed by atoms with Gasteiger partial charge >= 0.3 is 0 Å². The molecule has 2 rings (SSSR count). The smallest absolute Gasteiger partial charge is 0.267 e. The zero-order chi connectivity index (χ0) is 15.1. The van der Waals surface area contributed by atoms with Crippen molar-refractivity contribution in [3.8, 4) is 0 Å². The zero-order valence-electron chi connectivity index (χ0n) is 11.0. The lowest BCUT2D eigenvalue weighted by Crippen LogP contribution is -2.17. The average Bonchev–Trinajstić information content (AvgIpc) is 2.50. The lowest BCUT2D eigenvalue weighted by molar-refractivity contribution is 0.0955. The summed E-state index contributed by atoms with van der Waals surface area (Å²) < 4.78 is 0.940. The van der Waals surface area contributed by atoms with Gasteiger partial charge in [0.1, 0.15) is 0 Å². The van der Waals surface area contributed by atoms with E-state index in [1.807, 2.05) is 42.5 Å². The van der Waals surface area contributed by atoms with Crippen LogP contribution in [0.5, 0.6) is 0 Å². The summed E-state index contributed by atoms with van der Waals surface area (Å²) in [5.41, 5.74) is 3.92. The lowest BCUT2D eigenvalue weighted by atomic mass is 10.2. The summed E-state index contributed by atoms with van der Waals surface area (Å²) in [7, 11) is 0. The highest BCUT2D eigenvalue weighted by Crippen LogP contribution is 2.18. The van der Waals surface area contributed by atoms with E-state index < -0.39 is 0 Å². The lowest BCUT2D eigenvalue weighted by Gasteiger charge is -2.02. The van der Waals surface area contributed by atoms with E-state index in [4.69, 9.17) is 11.6 Å². The number of carbonyl (C=O) groups is 1. The molecule has 0 atom stereocenters. The van der Waals surface area contributed by atoms with E-state index in [-0.39, 0.29) is 5.91 Å². The molecule has 106 valence electrons. The molecule has 0 heterocycles. The van der Waals surface area contributed by atoms with E-state index in [0.29, 0.717) is 10.6 Å². The van der Waals surface area contributed by atoms with Crippen LogP contribution in [0.1, 0.15) is 15.9 Å². The fourth-order valence-corrected chi connectivity index (χ4v) is 2.28. The van der Waals surface area contributed by atoms with E-state index in [1.165, 1.54) is 6.21 Å². The van der Waals surface area contributed by atoms with Crippen molar-refractivity contribution in [3.05, 3.63) is 74.3 Å². The third-order valence-electron chi connectivity index (χ3n) is 2.59. The van der Waals surface area contributed by atoms with Crippen molar-refractivity contribution >= 4 is 52.4 Å². The van der Waals surface area contributed by atoms with Gasteiger partial charge in [-0.25, -0.2) is 5.43 Å². The molecule has 0 spiro atoms. The van der Waals surface area contributed by atoms with Crippen molar-refractivity contribution in [2.24, 2.45) is 5.10 Å². The van der Waals surface area contributed by atoms with Crippen LogP contribution < -0.4 is 5.43 Å². The first-order chi connectivity index (χ1) is 10.2. The second kappa shape index (κ2) is 7.95. The largest absolute Gasteiger partial charge is 0.272 e. The number of hydrogen-bond acceptors (Lipinski definition) is 2. The van der Waals surface area contributed by atoms with Crippen molar-refractivity contribution in [2.45, 2.75) is 0 Å². The van der Waals surface area contributed by atoms with Crippen LogP contribution in [0.25, 0.3) is 6.08 Å². The van der Waals surface area contributed by atoms with E-state index >= 15 is 0 Å². The number of allylic oxidation sites excluding steroid dienone is 1. The quantitative estimate of drug-likeness (QED) is 0.454. The number of carbonyl (C=O) groups excluding carboxylic acids is 1. The maximum Gasteiger partial charge on any atom is 0.272 e. The Morgan fingerprint density at radius 1 is 1.19 bits per heavy atom. The molecule has 0 bridgehead atoms. The molecule has 2 aromatic carbocycles. The molecule has 0 aliphatic rings. The molecule has 1 amide bonds. The molecule has 2 aromatic rings. The normalized spacial score (nSPS) is 11.1. The summed E-state index contributed by atoms with van der Waals surface area (Å²) in [6, 6.07) is 15.1. The van der Waals surface area contributed by atoms with E-state index in [0.717, 1.165) is 9.13 Å². The molecular weight excluding hydrogens is 399 g/mol. The fourth-order valence-electron chi connectivity index (χ4n) is 1.59. The summed E-state index contributed by atoms with van der Waals surface area (Å²) in [5, 5.41) is 4.27. The van der Waals surface area contributed by atoms with Crippen LogP contribution in [0.3, 0.4) is 0 Å². The molecule has 1 N–H and O–H groups in total. The second-order valence-electron chi connectivity index (χ2n) is 4.11. The molecule has 0 saturated carbocycles. The Morgan fingerprint density at radius 2 is 1.95 bits per heavy atom. The number of hydrazone groups is 1. The molecule has 0 saturated heterocycles. The zero-order valence-corrected chi connectivity index (χ0v) is 13.9. The van der Waals surface area contributed by atoms with Gasteiger partial charge in [-0.1, -0.05) is 48.0 Å². The molecule has 0 aliphatic carbocycles. The molecule has 5 heteroatoms. The number of benzene rings is 2. The number of nitrogens with one attached hydrogen (secondary N) is 1. The minimum atomic E-state index is -0.331. The summed E-state index contributed by atoms with van der Waals surface area (Å²) in [6.07, 6.45) is 5.17. The Labute approximate surface area is 141 Å². The first-order valence-electron chi connectivity index (χ1n) is 6.17. The summed E-state index contributed by atoms with van der Waals surface area (Å²) in [5.74, 6) is -0.331. The van der Waals surface area contributed by atoms with Crippen LogP contribution in [0, 0.1) is 3.57 Å². The Morgan fingerprint density at radius 3 is 2.71 bits per heavy atom. The average molecular weight is 411 g/mol. The predicted octanol–water partition coefficient (Wildman–Crippen LogP) is 4.37. The Kier molecular flexibility index (Phi) is 5.95. The van der Waals surface area contributed by atoms with Crippen LogP contribution in [0.2, 0.25) is 5.02 Å². The van der Waals surface area contributed by atoms with Gasteiger partial charge in [0.05, 0.1) is 10.6 Å². The molecule has 0 aliphatic heterocycles. The second-order valence-corrected chi connectivity index (χ2v) is 5.77. The highest BCUT2D eigenvalue weighted by molar-refractivity contribution is 14.1. The molecule has 0 fully saturated rings. The summed E-state index contributed by atoms with van der Waals surface area (Å²) in [4.78, 5) is 11.9. The van der Waals surface area contributed by atoms with Gasteiger partial charge in [-0.3, -0.25) is 4.79 Å². The van der Waals surface area contributed by atoms with Crippen LogP contribution in [-0.2, 0) is 0 Å². The number of amides is 1. The monoisotopic (exact) mass is 410 g/mol. The van der Waals surface area contributed by atoms with Crippen LogP contribution in [0.4, 0.5) is 0 Å². The van der Waals surface area contributed by atoms with Gasteiger partial charge in [0, 0.05) is 9.78 Å². The fraction of sp³-hybridized carbons (Fsp3) is 0. The van der Waals surface area contributed by atoms with Crippen LogP contribution >= 0.6 is 34.2 Å². The molecule has 0 aromatic heterocycles. The Bertz CT molecular complexity index is 684. The highest BCUT2D eigenvalue weighted by Gasteiger charge is 2.09. The van der Waals surface area contributed by atoms with Gasteiger partial charge < -0.3 is 0 Å². The van der Waals surface area contributed by atoms with Crippen molar-refractivity contribution in [1.82, 2.24) is 5.43 Å². The van der Waals surface area contributed by atoms with Gasteiger partial charge in [0.2, 0.25) is 0 Å². The molecule has 21 heavy (non-hydrogen) atoms. The van der Waals surface area contributed by atoms with Gasteiger partial charge in [0.15, 0.2) is 0 Å². The highest BCUT2D eigenvalue weighted by atomic mass is 127. The Balaban J connectivity index is 1.93. The van der Waals surface area contributed by atoms with Crippen LogP contribution in [0.15, 0.2) is 59.7 Å². The number of rotatable bonds is 4. The SMILES string of the molecule is O=C(N/N=C/C=C/c1ccccc1)c1cc(I)ccc1Cl. The number of nitrogens with zero attached hydrogens (tertiary/aromatic N) is 1. The maximum absolute atomic E-state index is 11.9. The summed E-state index contributed by atoms with van der Waals surface area (Å²) in [6.45, 7) is 0.